The van der Waals surface area contributed by atoms with Crippen molar-refractivity contribution in [3.8, 4) is 0 Å². The molecule has 0 aliphatic heterocycles. The van der Waals surface area contributed by atoms with Gasteiger partial charge in [0.1, 0.15) is 0 Å². The van der Waals surface area contributed by atoms with Crippen LogP contribution in [0.1, 0.15) is 0 Å². The summed E-state index contributed by atoms with van der Waals surface area (Å²) in [5, 5.41) is 0. The minimum absolute atomic E-state index is 0.568. The van der Waals surface area contributed by atoms with Crippen LogP contribution in [-0.4, -0.2) is 32.7 Å². The Kier molecular flexibility index (Phi) is 4.19. The summed E-state index contributed by atoms with van der Waals surface area (Å²) < 4.78 is 42.6. The van der Waals surface area contributed by atoms with Crippen LogP contribution in [0.3, 0.4) is 0 Å². The normalized spacial score (nSPS) is 13.8. The maximum Gasteiger partial charge on any atom is 0.356 e. The van der Waals surface area contributed by atoms with E-state index in [0.717, 1.165) is 12.1 Å². The Bertz CT molecular complexity index is 590. The molecule has 0 heterocycles. The zero-order valence-electron chi connectivity index (χ0n) is 8.69. The number of sulfone groups is 1. The zero-order valence-corrected chi connectivity index (χ0v) is 11.3. The molecule has 18 heavy (non-hydrogen) atoms. The highest BCUT2D eigenvalue weighted by atomic mass is 32.2. The van der Waals surface area contributed by atoms with E-state index in [1.54, 1.807) is 0 Å². The van der Waals surface area contributed by atoms with E-state index in [2.05, 4.69) is 0 Å². The molecule has 0 radical (unpaired) electrons. The van der Waals surface area contributed by atoms with Crippen molar-refractivity contribution in [3.63, 3.8) is 0 Å². The van der Waals surface area contributed by atoms with Crippen molar-refractivity contribution in [1.29, 1.82) is 0 Å². The fourth-order valence-electron chi connectivity index (χ4n) is 1.29. The Hall–Kier alpha value is -0.530. The van der Waals surface area contributed by atoms with Crippen LogP contribution < -0.4 is 0 Å². The monoisotopic (exact) mass is 316 g/mol. The SMILES string of the molecule is O=P(O)(O)C(P(=O)(O)O)S(=O)(=O)c1ccccc1. The van der Waals surface area contributed by atoms with Gasteiger partial charge < -0.3 is 19.6 Å². The molecule has 1 aromatic rings. The first-order valence-corrected chi connectivity index (χ1v) is 9.27. The van der Waals surface area contributed by atoms with Gasteiger partial charge in [-0.1, -0.05) is 18.2 Å². The van der Waals surface area contributed by atoms with E-state index in [-0.39, 0.29) is 0 Å². The lowest BCUT2D eigenvalue weighted by molar-refractivity contribution is 0.350. The molecular formula is C7H10O8P2S. The standard InChI is InChI=1S/C7H10O8P2S/c8-16(9,10)7(17(11,12)13)18(14,15)6-4-2-1-3-5-6/h1-5,7H,(H2,8,9,10)(H2,11,12,13). The third-order valence-electron chi connectivity index (χ3n) is 1.92. The predicted molar refractivity (Wildman–Crippen MR) is 61.5 cm³/mol. The molecule has 0 atom stereocenters. The quantitative estimate of drug-likeness (QED) is 0.571. The third-order valence-corrected chi connectivity index (χ3v) is 9.68. The second kappa shape index (κ2) is 4.86. The average Bonchev–Trinajstić information content (AvgIpc) is 2.13. The molecule has 0 aromatic heterocycles. The van der Waals surface area contributed by atoms with E-state index < -0.39 is 34.7 Å². The smallest absolute Gasteiger partial charge is 0.323 e. The Labute approximate surface area is 103 Å². The van der Waals surface area contributed by atoms with Crippen molar-refractivity contribution in [2.75, 3.05) is 0 Å². The van der Waals surface area contributed by atoms with E-state index >= 15 is 0 Å². The lowest BCUT2D eigenvalue weighted by Gasteiger charge is -2.19. The first-order chi connectivity index (χ1) is 7.97. The zero-order chi connectivity index (χ0) is 14.2. The highest BCUT2D eigenvalue weighted by Crippen LogP contribution is 2.63. The second-order valence-corrected chi connectivity index (χ2v) is 9.89. The molecular weight excluding hydrogens is 306 g/mol. The summed E-state index contributed by atoms with van der Waals surface area (Å²) >= 11 is 0. The number of hydrogen-bond donors (Lipinski definition) is 4. The van der Waals surface area contributed by atoms with Crippen LogP contribution in [0.25, 0.3) is 0 Å². The molecule has 0 unspecified atom stereocenters. The molecule has 1 aromatic carbocycles. The lowest BCUT2D eigenvalue weighted by atomic mass is 10.4. The summed E-state index contributed by atoms with van der Waals surface area (Å²) in [4.78, 5) is 34.8. The van der Waals surface area contributed by atoms with Crippen LogP contribution in [0.2, 0.25) is 0 Å². The van der Waals surface area contributed by atoms with Gasteiger partial charge in [0.15, 0.2) is 0 Å². The molecule has 0 amide bonds. The third kappa shape index (κ3) is 3.27. The largest absolute Gasteiger partial charge is 0.356 e. The first-order valence-electron chi connectivity index (χ1n) is 4.37. The van der Waals surface area contributed by atoms with Crippen LogP contribution in [0.5, 0.6) is 0 Å². The van der Waals surface area contributed by atoms with E-state index in [9.17, 15) is 17.5 Å². The van der Waals surface area contributed by atoms with Crippen molar-refractivity contribution < 1.29 is 37.1 Å². The van der Waals surface area contributed by atoms with E-state index in [4.69, 9.17) is 19.6 Å². The molecule has 4 N–H and O–H groups in total. The summed E-state index contributed by atoms with van der Waals surface area (Å²) in [6.07, 6.45) is 0. The Morgan fingerprint density at radius 3 is 1.61 bits per heavy atom. The molecule has 0 saturated heterocycles. The summed E-state index contributed by atoms with van der Waals surface area (Å²) in [5.41, 5.74) is 0. The molecule has 0 saturated carbocycles. The Morgan fingerprint density at radius 1 is 0.889 bits per heavy atom. The lowest BCUT2D eigenvalue weighted by Crippen LogP contribution is -2.21. The number of hydrogen-bond acceptors (Lipinski definition) is 4. The van der Waals surface area contributed by atoms with Crippen LogP contribution in [-0.2, 0) is 19.0 Å². The molecule has 0 aliphatic rings. The minimum atomic E-state index is -5.54. The number of rotatable bonds is 4. The minimum Gasteiger partial charge on any atom is -0.323 e. The summed E-state index contributed by atoms with van der Waals surface area (Å²) in [6, 6.07) is 5.97. The fraction of sp³-hybridized carbons (Fsp3) is 0.143. The summed E-state index contributed by atoms with van der Waals surface area (Å²) in [6.45, 7) is 0. The van der Waals surface area contributed by atoms with E-state index in [0.29, 0.717) is 0 Å². The second-order valence-electron chi connectivity index (χ2n) is 3.36. The van der Waals surface area contributed by atoms with Gasteiger partial charge in [-0.25, -0.2) is 8.42 Å². The summed E-state index contributed by atoms with van der Waals surface area (Å²) in [5.74, 6) is 0. The van der Waals surface area contributed by atoms with Gasteiger partial charge in [-0.3, -0.25) is 9.13 Å². The van der Waals surface area contributed by atoms with Crippen LogP contribution in [0.4, 0.5) is 0 Å². The van der Waals surface area contributed by atoms with Gasteiger partial charge in [0.05, 0.1) is 4.90 Å². The van der Waals surface area contributed by atoms with E-state index in [1.165, 1.54) is 18.2 Å². The molecule has 1 rings (SSSR count). The molecule has 102 valence electrons. The highest BCUT2D eigenvalue weighted by Gasteiger charge is 2.53. The molecule has 8 nitrogen and oxygen atoms in total. The van der Waals surface area contributed by atoms with Gasteiger partial charge in [0, 0.05) is 0 Å². The van der Waals surface area contributed by atoms with Crippen molar-refractivity contribution >= 4 is 25.0 Å². The van der Waals surface area contributed by atoms with Gasteiger partial charge in [-0.05, 0) is 12.1 Å². The van der Waals surface area contributed by atoms with Gasteiger partial charge >= 0.3 is 15.2 Å². The van der Waals surface area contributed by atoms with Crippen LogP contribution >= 0.6 is 15.2 Å². The maximum atomic E-state index is 11.8. The van der Waals surface area contributed by atoms with Crippen molar-refractivity contribution in [2.24, 2.45) is 0 Å². The topological polar surface area (TPSA) is 149 Å². The van der Waals surface area contributed by atoms with Crippen molar-refractivity contribution in [3.05, 3.63) is 30.3 Å². The fourth-order valence-corrected chi connectivity index (χ4v) is 7.26. The van der Waals surface area contributed by atoms with Gasteiger partial charge in [-0.2, -0.15) is 0 Å². The average molecular weight is 316 g/mol. The van der Waals surface area contributed by atoms with Crippen molar-refractivity contribution in [1.82, 2.24) is 0 Å². The molecule has 11 heteroatoms. The van der Waals surface area contributed by atoms with Gasteiger partial charge in [0.2, 0.25) is 9.84 Å². The molecule has 0 aliphatic carbocycles. The Balaban J connectivity index is 3.51. The van der Waals surface area contributed by atoms with Gasteiger partial charge in [-0.15, -0.1) is 0 Å². The molecule has 0 fully saturated rings. The van der Waals surface area contributed by atoms with Crippen molar-refractivity contribution in [2.45, 2.75) is 9.63 Å². The highest BCUT2D eigenvalue weighted by molar-refractivity contribution is 8.06. The van der Waals surface area contributed by atoms with E-state index in [1.807, 2.05) is 0 Å². The summed E-state index contributed by atoms with van der Waals surface area (Å²) in [7, 11) is -15.9. The number of benzene rings is 1. The molecule has 0 spiro atoms. The molecule has 0 bridgehead atoms. The first kappa shape index (κ1) is 15.5. The van der Waals surface area contributed by atoms with Crippen LogP contribution in [0.15, 0.2) is 35.2 Å². The predicted octanol–water partition coefficient (Wildman–Crippen LogP) is 0.0993. The Morgan fingerprint density at radius 2 is 1.28 bits per heavy atom. The van der Waals surface area contributed by atoms with Crippen LogP contribution in [0, 0.1) is 0 Å². The van der Waals surface area contributed by atoms with Gasteiger partial charge in [0.25, 0.3) is 4.73 Å². The maximum absolute atomic E-state index is 11.8.